The molecule has 0 unspecified atom stereocenters. The second-order valence-corrected chi connectivity index (χ2v) is 18.0. The molecule has 3 aromatic carbocycles. The molecule has 2 fully saturated rings. The quantitative estimate of drug-likeness (QED) is 0.151. The number of aromatic nitrogens is 4. The number of halogens is 3. The lowest BCUT2D eigenvalue weighted by molar-refractivity contribution is -0.145. The summed E-state index contributed by atoms with van der Waals surface area (Å²) in [5.41, 5.74) is 4.44. The first-order valence-corrected chi connectivity index (χ1v) is 22.5. The molecule has 10 rings (SSSR count). The molecule has 6 aromatic rings. The van der Waals surface area contributed by atoms with Crippen molar-refractivity contribution in [3.8, 4) is 44.7 Å². The van der Waals surface area contributed by atoms with Gasteiger partial charge in [0.05, 0.1) is 27.2 Å². The molecule has 2 saturated heterocycles. The predicted molar refractivity (Wildman–Crippen MR) is 243 cm³/mol. The monoisotopic (exact) mass is 929 g/mol. The van der Waals surface area contributed by atoms with E-state index in [0.717, 1.165) is 26.2 Å². The molecule has 4 bridgehead atoms. The molecule has 334 valence electrons. The first-order chi connectivity index (χ1) is 30.9. The second-order valence-electron chi connectivity index (χ2n) is 16.2. The number of carbonyl (C=O) groups is 1. The summed E-state index contributed by atoms with van der Waals surface area (Å²) in [6.07, 6.45) is 1.03. The second kappa shape index (κ2) is 18.6. The minimum Gasteiger partial charge on any atom is -0.490 e. The van der Waals surface area contributed by atoms with Crippen LogP contribution in [-0.4, -0.2) is 126 Å². The zero-order valence-electron chi connectivity index (χ0n) is 35.6. The summed E-state index contributed by atoms with van der Waals surface area (Å²) in [5, 5.41) is 11.9. The van der Waals surface area contributed by atoms with E-state index < -0.39 is 24.0 Å². The number of nitrogens with zero attached hydrogens (tertiary/aromatic N) is 7. The number of carboxylic acid groups (broad SMARTS) is 1. The number of piperazine rings is 1. The molecule has 3 aromatic heterocycles. The number of aliphatic carboxylic acids is 1. The van der Waals surface area contributed by atoms with Gasteiger partial charge in [-0.15, -0.1) is 11.3 Å². The Kier molecular flexibility index (Phi) is 12.8. The Bertz CT molecular complexity index is 2670. The number of fused-ring (bicyclic) bond motifs is 7. The van der Waals surface area contributed by atoms with Crippen molar-refractivity contribution in [2.45, 2.75) is 45.2 Å². The van der Waals surface area contributed by atoms with Gasteiger partial charge in [-0.05, 0) is 79.5 Å². The lowest BCUT2D eigenvalue weighted by atomic mass is 9.92. The lowest BCUT2D eigenvalue weighted by Crippen LogP contribution is -2.52. The highest BCUT2D eigenvalue weighted by molar-refractivity contribution is 7.22. The van der Waals surface area contributed by atoms with Crippen molar-refractivity contribution < 1.29 is 38.0 Å². The fourth-order valence-electron chi connectivity index (χ4n) is 8.23. The van der Waals surface area contributed by atoms with Crippen molar-refractivity contribution in [1.82, 2.24) is 29.7 Å². The van der Waals surface area contributed by atoms with Crippen LogP contribution in [-0.2, 0) is 22.6 Å². The Hall–Kier alpha value is -5.36. The summed E-state index contributed by atoms with van der Waals surface area (Å²) in [4.78, 5) is 39.5. The first-order valence-electron chi connectivity index (χ1n) is 20.9. The molecule has 14 nitrogen and oxygen atoms in total. The third kappa shape index (κ3) is 8.99. The van der Waals surface area contributed by atoms with Crippen molar-refractivity contribution in [2.24, 2.45) is 0 Å². The number of hydrogen-bond donors (Lipinski definition) is 1. The van der Waals surface area contributed by atoms with Gasteiger partial charge in [0.25, 0.3) is 0 Å². The molecule has 0 spiro atoms. The van der Waals surface area contributed by atoms with Crippen LogP contribution >= 0.6 is 34.5 Å². The normalized spacial score (nSPS) is 18.5. The number of thiophene rings is 1. The van der Waals surface area contributed by atoms with Gasteiger partial charge < -0.3 is 38.6 Å². The van der Waals surface area contributed by atoms with Crippen molar-refractivity contribution in [1.29, 1.82) is 0 Å². The van der Waals surface area contributed by atoms with Crippen LogP contribution in [0.3, 0.4) is 0 Å². The van der Waals surface area contributed by atoms with Gasteiger partial charge in [-0.2, -0.15) is 0 Å². The van der Waals surface area contributed by atoms with Crippen LogP contribution in [0.5, 0.6) is 23.1 Å². The number of rotatable bonds is 9. The third-order valence-corrected chi connectivity index (χ3v) is 14.0. The lowest BCUT2D eigenvalue weighted by Gasteiger charge is -2.38. The maximum absolute atomic E-state index is 14.3. The standard InChI is InChI=1S/C46H46Cl2FN7O7S/c1-25-36-26(2)40(48)41(39(25)47)62-33(19-55-15-13-54(3)14-16-55)23-60-31-9-10-34(61-22-30-11-12-50-46(53-30)56-20-32(21-56)59-4)28(17-31)18-35(45(57)58)63-43-38-37(36)42(64-44(38)52-24-51-43)27-5-7-29(49)8-6-27/h5-12,17,24,32-33,35H,13-16,18-23H2,1-4H3,(H,57,58)/t33-,35-/m1/s1. The van der Waals surface area contributed by atoms with E-state index in [-0.39, 0.29) is 31.6 Å². The fraction of sp³-hybridized carbons (Fsp3) is 0.370. The Balaban J connectivity index is 1.16. The summed E-state index contributed by atoms with van der Waals surface area (Å²) >= 11 is 16.0. The van der Waals surface area contributed by atoms with E-state index in [1.54, 1.807) is 49.7 Å². The average Bonchev–Trinajstić information content (AvgIpc) is 3.66. The van der Waals surface area contributed by atoms with E-state index in [1.165, 1.54) is 29.8 Å². The summed E-state index contributed by atoms with van der Waals surface area (Å²) in [6, 6.07) is 13.2. The van der Waals surface area contributed by atoms with Crippen molar-refractivity contribution in [3.05, 3.63) is 99.3 Å². The number of hydrogen-bond acceptors (Lipinski definition) is 14. The van der Waals surface area contributed by atoms with Crippen LogP contribution in [0.15, 0.2) is 61.1 Å². The zero-order valence-corrected chi connectivity index (χ0v) is 38.0. The molecule has 18 heteroatoms. The first kappa shape index (κ1) is 43.9. The summed E-state index contributed by atoms with van der Waals surface area (Å²) in [5.74, 6) is 0.180. The number of anilines is 1. The van der Waals surface area contributed by atoms with Crippen molar-refractivity contribution >= 4 is 56.7 Å². The average molecular weight is 931 g/mol. The fourth-order valence-corrected chi connectivity index (χ4v) is 9.89. The van der Waals surface area contributed by atoms with E-state index in [1.807, 2.05) is 18.7 Å². The van der Waals surface area contributed by atoms with Gasteiger partial charge >= 0.3 is 5.97 Å². The smallest absolute Gasteiger partial charge is 0.345 e. The molecule has 0 amide bonds. The number of benzene rings is 3. The summed E-state index contributed by atoms with van der Waals surface area (Å²) < 4.78 is 46.0. The van der Waals surface area contributed by atoms with Gasteiger partial charge in [-0.25, -0.2) is 29.1 Å². The third-order valence-electron chi connectivity index (χ3n) is 11.9. The van der Waals surface area contributed by atoms with E-state index in [0.29, 0.717) is 107 Å². The maximum atomic E-state index is 14.3. The Labute approximate surface area is 383 Å². The number of carboxylic acids is 1. The topological polar surface area (TPSA) is 145 Å². The molecule has 7 heterocycles. The minimum atomic E-state index is -1.45. The highest BCUT2D eigenvalue weighted by atomic mass is 35.5. The largest absolute Gasteiger partial charge is 0.490 e. The zero-order chi connectivity index (χ0) is 44.6. The maximum Gasteiger partial charge on any atom is 0.345 e. The molecule has 0 aliphatic carbocycles. The number of methoxy groups -OCH3 is 1. The van der Waals surface area contributed by atoms with E-state index >= 15 is 0 Å². The molecule has 2 atom stereocenters. The molecule has 4 aliphatic rings. The van der Waals surface area contributed by atoms with Crippen LogP contribution in [0.2, 0.25) is 10.0 Å². The van der Waals surface area contributed by atoms with Gasteiger partial charge in [0.1, 0.15) is 47.8 Å². The van der Waals surface area contributed by atoms with E-state index in [9.17, 15) is 14.3 Å². The number of likely N-dealkylation sites (N-methyl/N-ethyl adjacent to an activating group) is 1. The molecular formula is C46H46Cl2FN7O7S. The van der Waals surface area contributed by atoms with Gasteiger partial charge in [0.2, 0.25) is 17.9 Å². The van der Waals surface area contributed by atoms with Gasteiger partial charge in [0.15, 0.2) is 5.75 Å². The van der Waals surface area contributed by atoms with Crippen LogP contribution < -0.4 is 23.8 Å². The van der Waals surface area contributed by atoms with Crippen molar-refractivity contribution in [3.63, 3.8) is 0 Å². The van der Waals surface area contributed by atoms with Crippen LogP contribution in [0.1, 0.15) is 22.4 Å². The van der Waals surface area contributed by atoms with Crippen LogP contribution in [0, 0.1) is 19.7 Å². The Morgan fingerprint density at radius 3 is 2.44 bits per heavy atom. The molecule has 1 N–H and O–H groups in total. The molecule has 0 radical (unpaired) electrons. The van der Waals surface area contributed by atoms with Gasteiger partial charge in [-0.1, -0.05) is 35.3 Å². The van der Waals surface area contributed by atoms with Crippen LogP contribution in [0.25, 0.3) is 31.8 Å². The predicted octanol–water partition coefficient (Wildman–Crippen LogP) is 7.75. The highest BCUT2D eigenvalue weighted by Gasteiger charge is 2.33. The highest BCUT2D eigenvalue weighted by Crippen LogP contribution is 2.53. The number of ether oxygens (including phenoxy) is 5. The van der Waals surface area contributed by atoms with Crippen molar-refractivity contribution in [2.75, 3.05) is 71.5 Å². The van der Waals surface area contributed by atoms with Gasteiger partial charge in [0, 0.05) is 81.5 Å². The minimum absolute atomic E-state index is 0.0324. The molecule has 0 saturated carbocycles. The van der Waals surface area contributed by atoms with Crippen LogP contribution in [0.4, 0.5) is 10.3 Å². The summed E-state index contributed by atoms with van der Waals surface area (Å²) in [7, 11) is 3.79. The molecule has 64 heavy (non-hydrogen) atoms. The molecule has 4 aliphatic heterocycles. The van der Waals surface area contributed by atoms with E-state index in [2.05, 4.69) is 31.8 Å². The Morgan fingerprint density at radius 1 is 0.969 bits per heavy atom. The summed E-state index contributed by atoms with van der Waals surface area (Å²) in [6.45, 7) is 9.34. The van der Waals surface area contributed by atoms with E-state index in [4.69, 9.17) is 51.9 Å². The SMILES string of the molecule is COC1CN(c2nccc(COc3ccc4cc3C[C@H](C(=O)O)Oc3ncnc5sc(-c6ccc(F)cc6)c(c35)-c3c(C)c(Cl)c(c(Cl)c3C)O[C@H](CN3CCN(C)CC3)CO4)n2)C1. The van der Waals surface area contributed by atoms with Gasteiger partial charge in [-0.3, -0.25) is 4.90 Å². The molecular weight excluding hydrogens is 885 g/mol. The Morgan fingerprint density at radius 2 is 1.72 bits per heavy atom.